The Labute approximate surface area is 89.8 Å². The van der Waals surface area contributed by atoms with E-state index in [1.807, 2.05) is 5.06 Å². The van der Waals surface area contributed by atoms with Gasteiger partial charge in [-0.1, -0.05) is 6.42 Å². The molecule has 0 aromatic carbocycles. The van der Waals surface area contributed by atoms with Crippen molar-refractivity contribution in [2.45, 2.75) is 38.6 Å². The van der Waals surface area contributed by atoms with Crippen LogP contribution in [-0.2, 0) is 14.4 Å². The van der Waals surface area contributed by atoms with E-state index in [9.17, 15) is 4.79 Å². The summed E-state index contributed by atoms with van der Waals surface area (Å²) in [6.07, 6.45) is 5.93. The molecule has 1 atom stereocenters. The molecule has 84 valence electrons. The van der Waals surface area contributed by atoms with Gasteiger partial charge in [0.25, 0.3) is 0 Å². The summed E-state index contributed by atoms with van der Waals surface area (Å²) in [7, 11) is 0. The van der Waals surface area contributed by atoms with Crippen molar-refractivity contribution in [1.82, 2.24) is 5.06 Å². The van der Waals surface area contributed by atoms with Crippen LogP contribution in [0.4, 0.5) is 0 Å². The number of nitrogens with zero attached hydrogens (tertiary/aromatic N) is 1. The molecule has 0 bridgehead atoms. The second kappa shape index (κ2) is 4.66. The van der Waals surface area contributed by atoms with Crippen molar-refractivity contribution in [3.05, 3.63) is 11.8 Å². The molecule has 0 aromatic rings. The molecule has 0 N–H and O–H groups in total. The molecule has 15 heavy (non-hydrogen) atoms. The molecule has 2 aliphatic heterocycles. The van der Waals surface area contributed by atoms with Crippen molar-refractivity contribution in [1.29, 1.82) is 0 Å². The first kappa shape index (κ1) is 10.5. The molecule has 2 rings (SSSR count). The van der Waals surface area contributed by atoms with E-state index in [0.717, 1.165) is 18.7 Å². The Morgan fingerprint density at radius 1 is 1.67 bits per heavy atom. The number of fused-ring (bicyclic) bond motifs is 1. The predicted octanol–water partition coefficient (Wildman–Crippen LogP) is 1.62. The second-order valence-corrected chi connectivity index (χ2v) is 3.95. The van der Waals surface area contributed by atoms with Crippen LogP contribution < -0.4 is 0 Å². The Balaban J connectivity index is 1.93. The van der Waals surface area contributed by atoms with Crippen molar-refractivity contribution in [3.63, 3.8) is 0 Å². The van der Waals surface area contributed by atoms with E-state index in [2.05, 4.69) is 0 Å². The van der Waals surface area contributed by atoms with Crippen LogP contribution >= 0.6 is 0 Å². The van der Waals surface area contributed by atoms with Crippen LogP contribution in [-0.4, -0.2) is 30.2 Å². The number of hydrogen-bond acceptors (Lipinski definition) is 4. The number of carbonyl (C=O) groups is 1. The normalized spacial score (nSPS) is 28.6. The number of hydroxylamine groups is 2. The van der Waals surface area contributed by atoms with Crippen LogP contribution in [0.2, 0.25) is 0 Å². The van der Waals surface area contributed by atoms with Gasteiger partial charge in [0.2, 0.25) is 0 Å². The maximum atomic E-state index is 11.2. The van der Waals surface area contributed by atoms with Gasteiger partial charge in [0.05, 0.1) is 18.7 Å². The van der Waals surface area contributed by atoms with Gasteiger partial charge in [0, 0.05) is 13.0 Å². The molecule has 0 saturated carbocycles. The van der Waals surface area contributed by atoms with Crippen molar-refractivity contribution in [2.24, 2.45) is 0 Å². The predicted molar refractivity (Wildman–Crippen MR) is 54.8 cm³/mol. The molecule has 4 nitrogen and oxygen atoms in total. The average Bonchev–Trinajstić information content (AvgIpc) is 2.59. The number of carbonyl (C=O) groups excluding carboxylic acids is 1. The lowest BCUT2D eigenvalue weighted by molar-refractivity contribution is -0.139. The minimum absolute atomic E-state index is 0.299. The summed E-state index contributed by atoms with van der Waals surface area (Å²) in [6, 6.07) is 0.472. The molecular weight excluding hydrogens is 194 g/mol. The summed E-state index contributed by atoms with van der Waals surface area (Å²) >= 11 is 0. The quantitative estimate of drug-likeness (QED) is 0.514. The van der Waals surface area contributed by atoms with E-state index in [0.29, 0.717) is 12.6 Å². The maximum absolute atomic E-state index is 11.2. The molecule has 0 spiro atoms. The fourth-order valence-corrected chi connectivity index (χ4v) is 2.12. The van der Waals surface area contributed by atoms with Gasteiger partial charge in [-0.2, -0.15) is 0 Å². The van der Waals surface area contributed by atoms with Crippen LogP contribution in [0.15, 0.2) is 11.8 Å². The smallest absolute Gasteiger partial charge is 0.334 e. The molecule has 2 heterocycles. The summed E-state index contributed by atoms with van der Waals surface area (Å²) < 4.78 is 4.84. The molecule has 2 aliphatic rings. The van der Waals surface area contributed by atoms with E-state index >= 15 is 0 Å². The first-order valence-corrected chi connectivity index (χ1v) is 5.61. The lowest BCUT2D eigenvalue weighted by atomic mass is 10.0. The summed E-state index contributed by atoms with van der Waals surface area (Å²) in [5, 5.41) is 1.99. The number of ether oxygens (including phenoxy) is 1. The summed E-state index contributed by atoms with van der Waals surface area (Å²) in [6.45, 7) is 3.19. The third kappa shape index (κ3) is 2.50. The van der Waals surface area contributed by atoms with Crippen molar-refractivity contribution >= 4 is 5.97 Å². The van der Waals surface area contributed by atoms with Crippen molar-refractivity contribution in [3.8, 4) is 0 Å². The molecule has 0 radical (unpaired) electrons. The van der Waals surface area contributed by atoms with Gasteiger partial charge in [-0.05, 0) is 19.8 Å². The van der Waals surface area contributed by atoms with Gasteiger partial charge in [-0.15, -0.1) is 5.06 Å². The monoisotopic (exact) mass is 211 g/mol. The molecule has 2 fully saturated rings. The lowest BCUT2D eigenvalue weighted by Crippen LogP contribution is -2.32. The minimum atomic E-state index is -0.299. The van der Waals surface area contributed by atoms with Crippen LogP contribution in [0.1, 0.15) is 32.6 Å². The summed E-state index contributed by atoms with van der Waals surface area (Å²) in [4.78, 5) is 16.8. The highest BCUT2D eigenvalue weighted by Crippen LogP contribution is 2.31. The standard InChI is InChI=1S/C11H17NO3/c1-2-14-11(13)8-10-7-9-5-3-4-6-12(9)15-10/h8-9H,2-7H2,1H3/b10-8+/t9-/m1/s1. The van der Waals surface area contributed by atoms with Gasteiger partial charge in [-0.25, -0.2) is 4.79 Å². The van der Waals surface area contributed by atoms with Gasteiger partial charge in [0.1, 0.15) is 5.76 Å². The third-order valence-electron chi connectivity index (χ3n) is 2.81. The summed E-state index contributed by atoms with van der Waals surface area (Å²) in [5.41, 5.74) is 0. The molecule has 0 amide bonds. The zero-order valence-corrected chi connectivity index (χ0v) is 9.07. The lowest BCUT2D eigenvalue weighted by Gasteiger charge is -2.25. The third-order valence-corrected chi connectivity index (χ3v) is 2.81. The van der Waals surface area contributed by atoms with Crippen LogP contribution in [0.3, 0.4) is 0 Å². The van der Waals surface area contributed by atoms with E-state index in [1.54, 1.807) is 6.92 Å². The molecule has 0 unspecified atom stereocenters. The first-order chi connectivity index (χ1) is 7.29. The van der Waals surface area contributed by atoms with E-state index in [1.165, 1.54) is 25.3 Å². The van der Waals surface area contributed by atoms with E-state index < -0.39 is 0 Å². The Morgan fingerprint density at radius 3 is 3.27 bits per heavy atom. The van der Waals surface area contributed by atoms with Crippen molar-refractivity contribution < 1.29 is 14.4 Å². The molecule has 0 aromatic heterocycles. The number of piperidine rings is 1. The first-order valence-electron chi connectivity index (χ1n) is 5.61. The van der Waals surface area contributed by atoms with Crippen LogP contribution in [0.25, 0.3) is 0 Å². The second-order valence-electron chi connectivity index (χ2n) is 3.95. The van der Waals surface area contributed by atoms with Crippen LogP contribution in [0, 0.1) is 0 Å². The molecule has 0 aliphatic carbocycles. The highest BCUT2D eigenvalue weighted by Gasteiger charge is 2.32. The van der Waals surface area contributed by atoms with Gasteiger partial charge in [-0.3, -0.25) is 0 Å². The molecule has 4 heteroatoms. The Morgan fingerprint density at radius 2 is 2.53 bits per heavy atom. The largest absolute Gasteiger partial charge is 0.463 e. The summed E-state index contributed by atoms with van der Waals surface area (Å²) in [5.74, 6) is 0.452. The molecule has 2 saturated heterocycles. The van der Waals surface area contributed by atoms with Gasteiger partial charge in [0.15, 0.2) is 0 Å². The highest BCUT2D eigenvalue weighted by atomic mass is 16.7. The number of esters is 1. The fraction of sp³-hybridized carbons (Fsp3) is 0.727. The minimum Gasteiger partial charge on any atom is -0.463 e. The van der Waals surface area contributed by atoms with Crippen LogP contribution in [0.5, 0.6) is 0 Å². The van der Waals surface area contributed by atoms with Crippen molar-refractivity contribution in [2.75, 3.05) is 13.2 Å². The highest BCUT2D eigenvalue weighted by molar-refractivity contribution is 5.82. The molecular formula is C11H17NO3. The number of hydrogen-bond donors (Lipinski definition) is 0. The Bertz CT molecular complexity index is 259. The van der Waals surface area contributed by atoms with E-state index in [4.69, 9.17) is 9.57 Å². The van der Waals surface area contributed by atoms with Gasteiger partial charge >= 0.3 is 5.97 Å². The number of rotatable bonds is 2. The van der Waals surface area contributed by atoms with Gasteiger partial charge < -0.3 is 9.57 Å². The maximum Gasteiger partial charge on any atom is 0.334 e. The fourth-order valence-electron chi connectivity index (χ4n) is 2.12. The Kier molecular flexibility index (Phi) is 3.26. The topological polar surface area (TPSA) is 38.8 Å². The SMILES string of the molecule is CCOC(=O)/C=C1\C[C@H]2CCCCN2O1. The Hall–Kier alpha value is -1.03. The van der Waals surface area contributed by atoms with E-state index in [-0.39, 0.29) is 5.97 Å². The zero-order valence-electron chi connectivity index (χ0n) is 9.07. The zero-order chi connectivity index (χ0) is 10.7. The average molecular weight is 211 g/mol.